The van der Waals surface area contributed by atoms with E-state index in [0.717, 1.165) is 47.0 Å². The Labute approximate surface area is 246 Å². The number of piperidine rings is 1. The van der Waals surface area contributed by atoms with E-state index in [1.807, 2.05) is 19.1 Å². The zero-order valence-corrected chi connectivity index (χ0v) is 24.2. The smallest absolute Gasteiger partial charge is 0.277 e. The van der Waals surface area contributed by atoms with Crippen LogP contribution < -0.4 is 15.1 Å². The molecule has 0 aromatic carbocycles. The number of hydrogen-bond acceptors (Lipinski definition) is 11. The molecule has 4 aromatic heterocycles. The van der Waals surface area contributed by atoms with Crippen molar-refractivity contribution in [2.24, 2.45) is 0 Å². The number of carbonyl (C=O) groups excluding carboxylic acids is 2. The maximum Gasteiger partial charge on any atom is 0.277 e. The lowest BCUT2D eigenvalue weighted by Gasteiger charge is -2.34. The first kappa shape index (κ1) is 28.7. The summed E-state index contributed by atoms with van der Waals surface area (Å²) >= 11 is 1.50. The maximum absolute atomic E-state index is 13.3. The van der Waals surface area contributed by atoms with Gasteiger partial charge in [-0.2, -0.15) is 4.98 Å². The number of halogens is 1. The summed E-state index contributed by atoms with van der Waals surface area (Å²) in [6, 6.07) is 5.58. The number of aliphatic hydroxyl groups excluding tert-OH is 1. The van der Waals surface area contributed by atoms with Gasteiger partial charge < -0.3 is 29.5 Å². The van der Waals surface area contributed by atoms with Crippen molar-refractivity contribution in [2.75, 3.05) is 61.0 Å². The Balaban J connectivity index is 0.00000337. The van der Waals surface area contributed by atoms with Crippen molar-refractivity contribution in [3.8, 4) is 11.5 Å². The highest BCUT2D eigenvalue weighted by Gasteiger charge is 2.25. The van der Waals surface area contributed by atoms with E-state index >= 15 is 0 Å². The number of nitrogens with zero attached hydrogens (tertiary/aromatic N) is 7. The number of carbonyl (C=O) groups is 2. The van der Waals surface area contributed by atoms with E-state index < -0.39 is 6.61 Å². The van der Waals surface area contributed by atoms with Gasteiger partial charge in [0.25, 0.3) is 5.91 Å². The predicted octanol–water partition coefficient (Wildman–Crippen LogP) is 3.36. The Morgan fingerprint density at radius 2 is 1.80 bits per heavy atom. The Morgan fingerprint density at radius 1 is 1.02 bits per heavy atom. The third kappa shape index (κ3) is 6.11. The number of pyridine rings is 2. The second-order valence-electron chi connectivity index (χ2n) is 9.93. The van der Waals surface area contributed by atoms with Crippen molar-refractivity contribution in [2.45, 2.75) is 26.2 Å². The minimum atomic E-state index is -0.474. The molecule has 2 amide bonds. The molecular formula is C27H31ClN8O4S. The van der Waals surface area contributed by atoms with E-state index in [0.29, 0.717) is 49.2 Å². The molecule has 0 bridgehead atoms. The van der Waals surface area contributed by atoms with Crippen LogP contribution in [0.1, 0.15) is 35.4 Å². The molecule has 2 N–H and O–H groups in total. The first-order valence-corrected chi connectivity index (χ1v) is 14.2. The summed E-state index contributed by atoms with van der Waals surface area (Å²) in [7, 11) is 0. The summed E-state index contributed by atoms with van der Waals surface area (Å²) in [5, 5.41) is 13.0. The van der Waals surface area contributed by atoms with Gasteiger partial charge in [-0.05, 0) is 44.4 Å². The SMILES string of the molecule is Cc1cc(-c2nc(C(=O)Nc3cc4sc(N5CCN(C(=O)CO)CC5)nc4nc3N3CCCCC3)co2)ccn1.Cl. The van der Waals surface area contributed by atoms with Crippen LogP contribution in [0.15, 0.2) is 35.1 Å². The fraction of sp³-hybridized carbons (Fsp3) is 0.407. The zero-order chi connectivity index (χ0) is 27.6. The molecule has 2 aliphatic rings. The van der Waals surface area contributed by atoms with Crippen molar-refractivity contribution >= 4 is 62.5 Å². The number of aliphatic hydroxyl groups is 1. The molecule has 41 heavy (non-hydrogen) atoms. The van der Waals surface area contributed by atoms with Crippen LogP contribution in [0.25, 0.3) is 21.8 Å². The lowest BCUT2D eigenvalue weighted by Crippen LogP contribution is -2.49. The standard InChI is InChI=1S/C27H30N8O4S.ClH/c1-17-13-18(5-6-28-17)26-30-20(16-39-26)25(38)29-19-14-21-23(31-24(19)34-7-3-2-4-8-34)32-27(40-21)35-11-9-33(10-12-35)22(37)15-36;/h5-6,13-14,16,36H,2-4,7-12,15H2,1H3,(H,29,38);1H. The third-order valence-electron chi connectivity index (χ3n) is 7.17. The summed E-state index contributed by atoms with van der Waals surface area (Å²) in [4.78, 5) is 49.5. The van der Waals surface area contributed by atoms with Gasteiger partial charge in [-0.15, -0.1) is 12.4 Å². The van der Waals surface area contributed by atoms with E-state index in [-0.39, 0.29) is 29.9 Å². The fourth-order valence-corrected chi connectivity index (χ4v) is 6.04. The number of nitrogens with one attached hydrogen (secondary N) is 1. The molecule has 6 heterocycles. The van der Waals surface area contributed by atoms with Gasteiger partial charge in [0.1, 0.15) is 12.9 Å². The number of anilines is 3. The molecule has 4 aromatic rings. The molecule has 2 saturated heterocycles. The summed E-state index contributed by atoms with van der Waals surface area (Å²) in [5.41, 5.74) is 3.00. The second kappa shape index (κ2) is 12.4. The number of fused-ring (bicyclic) bond motifs is 1. The number of piperazine rings is 1. The molecule has 12 nitrogen and oxygen atoms in total. The molecule has 0 unspecified atom stereocenters. The van der Waals surface area contributed by atoms with Gasteiger partial charge in [-0.1, -0.05) is 11.3 Å². The molecule has 216 valence electrons. The third-order valence-corrected chi connectivity index (χ3v) is 8.23. The van der Waals surface area contributed by atoms with Gasteiger partial charge in [-0.3, -0.25) is 14.6 Å². The Kier molecular flexibility index (Phi) is 8.66. The average Bonchev–Trinajstić information content (AvgIpc) is 3.65. The van der Waals surface area contributed by atoms with Crippen molar-refractivity contribution < 1.29 is 19.1 Å². The van der Waals surface area contributed by atoms with E-state index in [1.54, 1.807) is 17.2 Å². The zero-order valence-electron chi connectivity index (χ0n) is 22.6. The van der Waals surface area contributed by atoms with Crippen LogP contribution >= 0.6 is 23.7 Å². The maximum atomic E-state index is 13.3. The Morgan fingerprint density at radius 3 is 2.54 bits per heavy atom. The lowest BCUT2D eigenvalue weighted by molar-refractivity contribution is -0.134. The van der Waals surface area contributed by atoms with E-state index in [9.17, 15) is 9.59 Å². The molecule has 6 rings (SSSR count). The normalized spacial score (nSPS) is 15.6. The molecule has 0 saturated carbocycles. The first-order chi connectivity index (χ1) is 19.5. The lowest BCUT2D eigenvalue weighted by atomic mass is 10.1. The molecule has 0 radical (unpaired) electrons. The van der Waals surface area contributed by atoms with Crippen LogP contribution in [0.3, 0.4) is 0 Å². The number of hydrogen-bond donors (Lipinski definition) is 2. The minimum Gasteiger partial charge on any atom is -0.444 e. The largest absolute Gasteiger partial charge is 0.444 e. The van der Waals surface area contributed by atoms with Crippen LogP contribution in [0, 0.1) is 6.92 Å². The second-order valence-corrected chi connectivity index (χ2v) is 10.9. The molecule has 2 fully saturated rings. The van der Waals surface area contributed by atoms with Crippen molar-refractivity contribution in [1.82, 2.24) is 24.8 Å². The van der Waals surface area contributed by atoms with E-state index in [1.165, 1.54) is 24.0 Å². The highest BCUT2D eigenvalue weighted by molar-refractivity contribution is 7.22. The molecule has 0 atom stereocenters. The van der Waals surface area contributed by atoms with Crippen molar-refractivity contribution in [3.63, 3.8) is 0 Å². The molecule has 0 aliphatic carbocycles. The van der Waals surface area contributed by atoms with Crippen LogP contribution in [-0.4, -0.2) is 87.6 Å². The number of aryl methyl sites for hydroxylation is 1. The fourth-order valence-electron chi connectivity index (χ4n) is 5.04. The van der Waals surface area contributed by atoms with Gasteiger partial charge in [0.2, 0.25) is 11.8 Å². The number of amides is 2. The van der Waals surface area contributed by atoms with Crippen molar-refractivity contribution in [3.05, 3.63) is 42.0 Å². The average molecular weight is 599 g/mol. The topological polar surface area (TPSA) is 141 Å². The van der Waals surface area contributed by atoms with E-state index in [2.05, 4.69) is 25.1 Å². The molecule has 0 spiro atoms. The molecular weight excluding hydrogens is 568 g/mol. The van der Waals surface area contributed by atoms with Crippen LogP contribution in [0.4, 0.5) is 16.6 Å². The van der Waals surface area contributed by atoms with Crippen LogP contribution in [-0.2, 0) is 4.79 Å². The number of aromatic nitrogens is 4. The van der Waals surface area contributed by atoms with E-state index in [4.69, 9.17) is 19.5 Å². The van der Waals surface area contributed by atoms with Crippen molar-refractivity contribution in [1.29, 1.82) is 0 Å². The van der Waals surface area contributed by atoms with Gasteiger partial charge >= 0.3 is 0 Å². The van der Waals surface area contributed by atoms with Gasteiger partial charge in [0.05, 0.1) is 10.4 Å². The summed E-state index contributed by atoms with van der Waals surface area (Å²) in [5.74, 6) is 0.416. The van der Waals surface area contributed by atoms with Crippen LogP contribution in [0.2, 0.25) is 0 Å². The highest BCUT2D eigenvalue weighted by Crippen LogP contribution is 2.36. The summed E-state index contributed by atoms with van der Waals surface area (Å²) in [6.45, 7) is 5.43. The molecule has 14 heteroatoms. The highest BCUT2D eigenvalue weighted by atomic mass is 35.5. The van der Waals surface area contributed by atoms with Gasteiger partial charge in [0, 0.05) is 56.7 Å². The Bertz CT molecular complexity index is 1550. The number of thiazole rings is 1. The number of rotatable bonds is 6. The predicted molar refractivity (Wildman–Crippen MR) is 159 cm³/mol. The first-order valence-electron chi connectivity index (χ1n) is 13.4. The quantitative estimate of drug-likeness (QED) is 0.339. The Hall–Kier alpha value is -3.81. The van der Waals surface area contributed by atoms with Crippen LogP contribution in [0.5, 0.6) is 0 Å². The summed E-state index contributed by atoms with van der Waals surface area (Å²) < 4.78 is 6.46. The molecule has 2 aliphatic heterocycles. The van der Waals surface area contributed by atoms with Gasteiger partial charge in [0.15, 0.2) is 22.3 Å². The monoisotopic (exact) mass is 598 g/mol. The summed E-state index contributed by atoms with van der Waals surface area (Å²) in [6.07, 6.45) is 6.33. The number of oxazole rings is 1. The van der Waals surface area contributed by atoms with Gasteiger partial charge in [-0.25, -0.2) is 9.97 Å². The minimum absolute atomic E-state index is 0.